The van der Waals surface area contributed by atoms with Crippen molar-refractivity contribution in [2.45, 2.75) is 64.1 Å². The number of benzene rings is 2. The predicted molar refractivity (Wildman–Crippen MR) is 125 cm³/mol. The van der Waals surface area contributed by atoms with E-state index in [2.05, 4.69) is 15.5 Å². The van der Waals surface area contributed by atoms with Gasteiger partial charge in [0.1, 0.15) is 0 Å². The fourth-order valence-electron chi connectivity index (χ4n) is 5.05. The first-order chi connectivity index (χ1) is 14.2. The third-order valence-electron chi connectivity index (χ3n) is 6.78. The SMILES string of the molecule is C.Nc1ccccc1NC(=O)c1ccc(NC2CC3CCC(C2)N3CC2CC2)cc1. The minimum absolute atomic E-state index is 0. The molecule has 2 aromatic carbocycles. The molecule has 1 amide bonds. The molecule has 2 bridgehead atoms. The quantitative estimate of drug-likeness (QED) is 0.592. The molecule has 0 aromatic heterocycles. The van der Waals surface area contributed by atoms with E-state index in [4.69, 9.17) is 5.73 Å². The maximum atomic E-state index is 12.5. The van der Waals surface area contributed by atoms with Crippen LogP contribution in [0.1, 0.15) is 56.3 Å². The summed E-state index contributed by atoms with van der Waals surface area (Å²) in [5.41, 5.74) is 8.87. The second-order valence-electron chi connectivity index (χ2n) is 8.96. The van der Waals surface area contributed by atoms with Gasteiger partial charge in [0.2, 0.25) is 0 Å². The summed E-state index contributed by atoms with van der Waals surface area (Å²) >= 11 is 0. The Balaban J connectivity index is 0.00000218. The third-order valence-corrected chi connectivity index (χ3v) is 6.78. The molecule has 2 heterocycles. The summed E-state index contributed by atoms with van der Waals surface area (Å²) in [7, 11) is 0. The zero-order valence-corrected chi connectivity index (χ0v) is 16.8. The first-order valence-electron chi connectivity index (χ1n) is 10.9. The topological polar surface area (TPSA) is 70.4 Å². The van der Waals surface area contributed by atoms with Gasteiger partial charge in [0.15, 0.2) is 0 Å². The molecule has 2 aromatic rings. The Kier molecular flexibility index (Phi) is 6.00. The fraction of sp³-hybridized carbons (Fsp3) is 0.480. The summed E-state index contributed by atoms with van der Waals surface area (Å²) in [6.07, 6.45) is 8.06. The van der Waals surface area contributed by atoms with Crippen LogP contribution >= 0.6 is 0 Å². The largest absolute Gasteiger partial charge is 0.397 e. The van der Waals surface area contributed by atoms with Crippen molar-refractivity contribution in [2.24, 2.45) is 5.92 Å². The van der Waals surface area contributed by atoms with Crippen molar-refractivity contribution in [1.29, 1.82) is 0 Å². The first-order valence-corrected chi connectivity index (χ1v) is 10.9. The van der Waals surface area contributed by atoms with Crippen LogP contribution in [0.4, 0.5) is 17.1 Å². The number of hydrogen-bond acceptors (Lipinski definition) is 4. The molecule has 0 spiro atoms. The molecule has 1 aliphatic carbocycles. The van der Waals surface area contributed by atoms with E-state index in [1.54, 1.807) is 6.07 Å². The average molecular weight is 407 g/mol. The van der Waals surface area contributed by atoms with Crippen molar-refractivity contribution in [3.05, 3.63) is 54.1 Å². The summed E-state index contributed by atoms with van der Waals surface area (Å²) < 4.78 is 0. The Bertz CT molecular complexity index is 863. The van der Waals surface area contributed by atoms with Gasteiger partial charge in [-0.15, -0.1) is 0 Å². The molecule has 0 radical (unpaired) electrons. The number of para-hydroxylation sites is 2. The minimum atomic E-state index is -0.138. The maximum absolute atomic E-state index is 12.5. The van der Waals surface area contributed by atoms with Crippen LogP contribution in [-0.2, 0) is 0 Å². The number of carbonyl (C=O) groups excluding carboxylic acids is 1. The van der Waals surface area contributed by atoms with E-state index in [-0.39, 0.29) is 13.3 Å². The third kappa shape index (κ3) is 4.46. The van der Waals surface area contributed by atoms with E-state index >= 15 is 0 Å². The van der Waals surface area contributed by atoms with Gasteiger partial charge in [0.05, 0.1) is 11.4 Å². The van der Waals surface area contributed by atoms with Gasteiger partial charge in [0, 0.05) is 35.9 Å². The Morgan fingerprint density at radius 3 is 2.27 bits per heavy atom. The van der Waals surface area contributed by atoms with Crippen molar-refractivity contribution in [2.75, 3.05) is 22.9 Å². The zero-order valence-electron chi connectivity index (χ0n) is 16.8. The Hall–Kier alpha value is -2.53. The van der Waals surface area contributed by atoms with Crippen molar-refractivity contribution in [3.63, 3.8) is 0 Å². The molecule has 3 fully saturated rings. The van der Waals surface area contributed by atoms with Gasteiger partial charge in [0.25, 0.3) is 5.91 Å². The van der Waals surface area contributed by atoms with Crippen LogP contribution < -0.4 is 16.4 Å². The Labute approximate surface area is 180 Å². The molecule has 3 aliphatic rings. The summed E-state index contributed by atoms with van der Waals surface area (Å²) in [6, 6.07) is 17.2. The van der Waals surface area contributed by atoms with Crippen LogP contribution in [0.2, 0.25) is 0 Å². The number of rotatable bonds is 6. The molecule has 5 nitrogen and oxygen atoms in total. The van der Waals surface area contributed by atoms with Crippen molar-refractivity contribution < 1.29 is 4.79 Å². The lowest BCUT2D eigenvalue weighted by molar-refractivity contribution is 0.102. The van der Waals surface area contributed by atoms with Gasteiger partial charge in [-0.3, -0.25) is 9.69 Å². The standard InChI is InChI=1S/C24H30N4O.CH4/c25-22-3-1-2-4-23(22)27-24(29)17-7-9-18(10-8-17)26-19-13-20-11-12-21(14-19)28(20)15-16-5-6-16;/h1-4,7-10,16,19-21,26H,5-6,11-15,25H2,(H,27,29);1H4. The van der Waals surface area contributed by atoms with Gasteiger partial charge >= 0.3 is 0 Å². The molecule has 2 aliphatic heterocycles. The number of hydrogen-bond donors (Lipinski definition) is 3. The number of piperidine rings is 1. The zero-order chi connectivity index (χ0) is 19.8. The highest BCUT2D eigenvalue weighted by Crippen LogP contribution is 2.40. The van der Waals surface area contributed by atoms with Crippen LogP contribution in [-0.4, -0.2) is 35.5 Å². The van der Waals surface area contributed by atoms with Crippen LogP contribution in [0.25, 0.3) is 0 Å². The lowest BCUT2D eigenvalue weighted by Crippen LogP contribution is -2.47. The molecule has 30 heavy (non-hydrogen) atoms. The number of nitrogens with one attached hydrogen (secondary N) is 2. The smallest absolute Gasteiger partial charge is 0.255 e. The van der Waals surface area contributed by atoms with Gasteiger partial charge < -0.3 is 16.4 Å². The summed E-state index contributed by atoms with van der Waals surface area (Å²) in [4.78, 5) is 15.3. The first kappa shape index (κ1) is 20.7. The minimum Gasteiger partial charge on any atom is -0.397 e. The Morgan fingerprint density at radius 1 is 0.967 bits per heavy atom. The van der Waals surface area contributed by atoms with E-state index < -0.39 is 0 Å². The average Bonchev–Trinajstić information content (AvgIpc) is 3.50. The number of anilines is 3. The monoisotopic (exact) mass is 406 g/mol. The lowest BCUT2D eigenvalue weighted by atomic mass is 9.96. The van der Waals surface area contributed by atoms with Crippen LogP contribution in [0.5, 0.6) is 0 Å². The lowest BCUT2D eigenvalue weighted by Gasteiger charge is -2.39. The van der Waals surface area contributed by atoms with Crippen molar-refractivity contribution >= 4 is 23.0 Å². The molecule has 5 heteroatoms. The van der Waals surface area contributed by atoms with Crippen LogP contribution in [0.3, 0.4) is 0 Å². The number of nitrogens with zero attached hydrogens (tertiary/aromatic N) is 1. The normalized spacial score (nSPS) is 25.4. The van der Waals surface area contributed by atoms with E-state index in [0.717, 1.165) is 23.7 Å². The number of nitrogen functional groups attached to an aromatic ring is 1. The van der Waals surface area contributed by atoms with E-state index in [1.807, 2.05) is 42.5 Å². The predicted octanol–water partition coefficient (Wildman–Crippen LogP) is 4.97. The Morgan fingerprint density at radius 2 is 1.63 bits per heavy atom. The molecule has 2 unspecified atom stereocenters. The molecular formula is C25H34N4O. The van der Waals surface area contributed by atoms with Crippen LogP contribution in [0.15, 0.2) is 48.5 Å². The molecular weight excluding hydrogens is 372 g/mol. The van der Waals surface area contributed by atoms with Gasteiger partial charge in [-0.2, -0.15) is 0 Å². The second kappa shape index (κ2) is 8.68. The number of nitrogens with two attached hydrogens (primary N) is 1. The second-order valence-corrected chi connectivity index (χ2v) is 8.96. The maximum Gasteiger partial charge on any atom is 0.255 e. The number of carbonyl (C=O) groups is 1. The molecule has 2 saturated heterocycles. The highest BCUT2D eigenvalue weighted by atomic mass is 16.1. The molecule has 2 atom stereocenters. The summed E-state index contributed by atoms with van der Waals surface area (Å²) in [5.74, 6) is 0.841. The number of fused-ring (bicyclic) bond motifs is 2. The summed E-state index contributed by atoms with van der Waals surface area (Å²) in [6.45, 7) is 1.33. The van der Waals surface area contributed by atoms with Gasteiger partial charge in [-0.05, 0) is 80.8 Å². The van der Waals surface area contributed by atoms with E-state index in [1.165, 1.54) is 45.1 Å². The van der Waals surface area contributed by atoms with Gasteiger partial charge in [-0.1, -0.05) is 19.6 Å². The molecule has 4 N–H and O–H groups in total. The molecule has 5 rings (SSSR count). The van der Waals surface area contributed by atoms with Gasteiger partial charge in [-0.25, -0.2) is 0 Å². The van der Waals surface area contributed by atoms with Crippen molar-refractivity contribution in [1.82, 2.24) is 4.90 Å². The van der Waals surface area contributed by atoms with E-state index in [9.17, 15) is 4.79 Å². The molecule has 160 valence electrons. The number of amides is 1. The van der Waals surface area contributed by atoms with Crippen molar-refractivity contribution in [3.8, 4) is 0 Å². The molecule has 1 saturated carbocycles. The highest BCUT2D eigenvalue weighted by molar-refractivity contribution is 6.05. The van der Waals surface area contributed by atoms with Crippen LogP contribution in [0, 0.1) is 5.92 Å². The fourth-order valence-corrected chi connectivity index (χ4v) is 5.05. The highest BCUT2D eigenvalue weighted by Gasteiger charge is 2.42. The summed E-state index contributed by atoms with van der Waals surface area (Å²) in [5, 5.41) is 6.60. The van der Waals surface area contributed by atoms with E-state index in [0.29, 0.717) is 23.0 Å².